The van der Waals surface area contributed by atoms with Crippen LogP contribution in [-0.4, -0.2) is 14.6 Å². The van der Waals surface area contributed by atoms with Crippen LogP contribution in [-0.2, 0) is 0 Å². The monoisotopic (exact) mass is 417 g/mol. The van der Waals surface area contributed by atoms with E-state index in [9.17, 15) is 4.79 Å². The second-order valence-electron chi connectivity index (χ2n) is 5.09. The fraction of sp³-hybridized carbons (Fsp3) is 0. The van der Waals surface area contributed by atoms with Crippen molar-refractivity contribution in [3.05, 3.63) is 78.5 Å². The van der Waals surface area contributed by atoms with Gasteiger partial charge in [0, 0.05) is 10.0 Å². The van der Waals surface area contributed by atoms with E-state index in [1.165, 1.54) is 15.7 Å². The minimum absolute atomic E-state index is 0.144. The molecule has 0 unspecified atom stereocenters. The highest BCUT2D eigenvalue weighted by molar-refractivity contribution is 9.10. The molecule has 118 valence electrons. The fourth-order valence-electron chi connectivity index (χ4n) is 2.43. The third-order valence-corrected chi connectivity index (χ3v) is 5.29. The van der Waals surface area contributed by atoms with Gasteiger partial charge in [0.2, 0.25) is 4.96 Å². The SMILES string of the molecule is O=c1/c(=C/c2cccc(Br)c2)sc2nnc(-c3ccccc3Cl)n12. The minimum Gasteiger partial charge on any atom is -0.267 e. The number of hydrogen-bond donors (Lipinski definition) is 0. The maximum absolute atomic E-state index is 12.8. The van der Waals surface area contributed by atoms with E-state index in [-0.39, 0.29) is 5.56 Å². The number of thiazole rings is 1. The van der Waals surface area contributed by atoms with Gasteiger partial charge in [-0.25, -0.2) is 4.40 Å². The molecule has 4 nitrogen and oxygen atoms in total. The Labute approximate surface area is 154 Å². The standard InChI is InChI=1S/C17H9BrClN3OS/c18-11-5-3-4-10(8-11)9-14-16(23)22-15(20-21-17(22)24-14)12-6-1-2-7-13(12)19/h1-9H/b14-9-. The zero-order valence-corrected chi connectivity index (χ0v) is 15.3. The van der Waals surface area contributed by atoms with E-state index in [1.807, 2.05) is 48.5 Å². The quantitative estimate of drug-likeness (QED) is 0.498. The second kappa shape index (κ2) is 6.12. The summed E-state index contributed by atoms with van der Waals surface area (Å²) in [5.41, 5.74) is 1.49. The van der Waals surface area contributed by atoms with Gasteiger partial charge in [0.1, 0.15) is 0 Å². The summed E-state index contributed by atoms with van der Waals surface area (Å²) >= 11 is 11.0. The first kappa shape index (κ1) is 15.5. The van der Waals surface area contributed by atoms with E-state index in [0.29, 0.717) is 25.9 Å². The summed E-state index contributed by atoms with van der Waals surface area (Å²) in [7, 11) is 0. The molecule has 2 heterocycles. The first-order chi connectivity index (χ1) is 11.6. The van der Waals surface area contributed by atoms with Gasteiger partial charge in [-0.1, -0.05) is 63.1 Å². The van der Waals surface area contributed by atoms with Gasteiger partial charge >= 0.3 is 0 Å². The highest BCUT2D eigenvalue weighted by Gasteiger charge is 2.15. The highest BCUT2D eigenvalue weighted by Crippen LogP contribution is 2.25. The number of benzene rings is 2. The van der Waals surface area contributed by atoms with Gasteiger partial charge in [-0.15, -0.1) is 10.2 Å². The van der Waals surface area contributed by atoms with Gasteiger partial charge in [-0.3, -0.25) is 4.79 Å². The van der Waals surface area contributed by atoms with Gasteiger partial charge in [-0.05, 0) is 35.9 Å². The van der Waals surface area contributed by atoms with Crippen LogP contribution in [0.1, 0.15) is 5.56 Å². The molecule has 0 spiro atoms. The predicted octanol–water partition coefficient (Wildman–Crippen LogP) is 3.78. The van der Waals surface area contributed by atoms with E-state index in [0.717, 1.165) is 10.0 Å². The molecule has 4 rings (SSSR count). The van der Waals surface area contributed by atoms with Crippen molar-refractivity contribution in [3.8, 4) is 11.4 Å². The van der Waals surface area contributed by atoms with Crippen LogP contribution in [0.25, 0.3) is 22.4 Å². The van der Waals surface area contributed by atoms with Crippen molar-refractivity contribution >= 4 is 49.9 Å². The van der Waals surface area contributed by atoms with E-state index in [4.69, 9.17) is 11.6 Å². The summed E-state index contributed by atoms with van der Waals surface area (Å²) in [6.45, 7) is 0. The molecule has 24 heavy (non-hydrogen) atoms. The van der Waals surface area contributed by atoms with Crippen molar-refractivity contribution in [2.75, 3.05) is 0 Å². The van der Waals surface area contributed by atoms with Crippen molar-refractivity contribution in [2.24, 2.45) is 0 Å². The molecule has 0 bridgehead atoms. The lowest BCUT2D eigenvalue weighted by molar-refractivity contribution is 1.09. The molecule has 0 radical (unpaired) electrons. The molecule has 0 amide bonds. The number of rotatable bonds is 2. The molecule has 0 saturated carbocycles. The lowest BCUT2D eigenvalue weighted by Gasteiger charge is -1.99. The summed E-state index contributed by atoms with van der Waals surface area (Å²) in [5.74, 6) is 0.464. The molecular weight excluding hydrogens is 410 g/mol. The average molecular weight is 419 g/mol. The first-order valence-corrected chi connectivity index (χ1v) is 9.02. The molecule has 0 atom stereocenters. The number of aromatic nitrogens is 3. The van der Waals surface area contributed by atoms with Gasteiger partial charge in [0.05, 0.1) is 9.55 Å². The maximum Gasteiger partial charge on any atom is 0.276 e. The molecule has 4 aromatic rings. The van der Waals surface area contributed by atoms with Crippen molar-refractivity contribution in [3.63, 3.8) is 0 Å². The Hall–Kier alpha value is -2.02. The Bertz CT molecular complexity index is 1170. The molecule has 0 aliphatic heterocycles. The summed E-state index contributed by atoms with van der Waals surface area (Å²) in [6.07, 6.45) is 1.85. The van der Waals surface area contributed by atoms with Crippen LogP contribution in [0.2, 0.25) is 5.02 Å². The average Bonchev–Trinajstić information content (AvgIpc) is 3.09. The lowest BCUT2D eigenvalue weighted by atomic mass is 10.2. The van der Waals surface area contributed by atoms with E-state index >= 15 is 0 Å². The van der Waals surface area contributed by atoms with Crippen molar-refractivity contribution in [1.82, 2.24) is 14.6 Å². The molecule has 0 fully saturated rings. The van der Waals surface area contributed by atoms with E-state index in [1.54, 1.807) is 6.07 Å². The third kappa shape index (κ3) is 2.66. The molecule has 2 aromatic heterocycles. The molecule has 0 N–H and O–H groups in total. The lowest BCUT2D eigenvalue weighted by Crippen LogP contribution is -2.23. The highest BCUT2D eigenvalue weighted by atomic mass is 79.9. The van der Waals surface area contributed by atoms with Crippen LogP contribution in [0.3, 0.4) is 0 Å². The van der Waals surface area contributed by atoms with Gasteiger partial charge in [0.25, 0.3) is 5.56 Å². The first-order valence-electron chi connectivity index (χ1n) is 7.03. The molecule has 0 aliphatic carbocycles. The van der Waals surface area contributed by atoms with Crippen LogP contribution in [0.4, 0.5) is 0 Å². The summed E-state index contributed by atoms with van der Waals surface area (Å²) < 4.78 is 3.07. The van der Waals surface area contributed by atoms with E-state index in [2.05, 4.69) is 26.1 Å². The van der Waals surface area contributed by atoms with Crippen LogP contribution >= 0.6 is 38.9 Å². The van der Waals surface area contributed by atoms with Crippen molar-refractivity contribution in [2.45, 2.75) is 0 Å². The smallest absolute Gasteiger partial charge is 0.267 e. The summed E-state index contributed by atoms with van der Waals surface area (Å²) in [5, 5.41) is 8.78. The zero-order chi connectivity index (χ0) is 16.7. The van der Waals surface area contributed by atoms with Gasteiger partial charge < -0.3 is 0 Å². The van der Waals surface area contributed by atoms with Crippen LogP contribution < -0.4 is 10.1 Å². The molecular formula is C17H9BrClN3OS. The minimum atomic E-state index is -0.144. The zero-order valence-electron chi connectivity index (χ0n) is 12.1. The predicted molar refractivity (Wildman–Crippen MR) is 101 cm³/mol. The fourth-order valence-corrected chi connectivity index (χ4v) is 3.98. The van der Waals surface area contributed by atoms with Crippen LogP contribution in [0.5, 0.6) is 0 Å². The largest absolute Gasteiger partial charge is 0.276 e. The second-order valence-corrected chi connectivity index (χ2v) is 7.42. The number of hydrogen-bond acceptors (Lipinski definition) is 4. The Kier molecular flexibility index (Phi) is 3.96. The topological polar surface area (TPSA) is 47.3 Å². The summed E-state index contributed by atoms with van der Waals surface area (Å²) in [6, 6.07) is 15.0. The van der Waals surface area contributed by atoms with Gasteiger partial charge in [-0.2, -0.15) is 0 Å². The Balaban J connectivity index is 1.95. The number of halogens is 2. The number of nitrogens with zero attached hydrogens (tertiary/aromatic N) is 3. The Morgan fingerprint density at radius 3 is 2.75 bits per heavy atom. The third-order valence-electron chi connectivity index (χ3n) is 3.51. The molecule has 0 saturated heterocycles. The van der Waals surface area contributed by atoms with Crippen LogP contribution in [0.15, 0.2) is 57.8 Å². The van der Waals surface area contributed by atoms with Crippen LogP contribution in [0, 0.1) is 0 Å². The van der Waals surface area contributed by atoms with E-state index < -0.39 is 0 Å². The van der Waals surface area contributed by atoms with Crippen molar-refractivity contribution in [1.29, 1.82) is 0 Å². The Morgan fingerprint density at radius 2 is 1.96 bits per heavy atom. The summed E-state index contributed by atoms with van der Waals surface area (Å²) in [4.78, 5) is 13.3. The normalized spacial score (nSPS) is 12.2. The Morgan fingerprint density at radius 1 is 1.12 bits per heavy atom. The molecule has 7 heteroatoms. The molecule has 2 aromatic carbocycles. The maximum atomic E-state index is 12.8. The van der Waals surface area contributed by atoms with Crippen molar-refractivity contribution < 1.29 is 0 Å². The van der Waals surface area contributed by atoms with Gasteiger partial charge in [0.15, 0.2) is 5.82 Å². The molecule has 0 aliphatic rings. The number of fused-ring (bicyclic) bond motifs is 1.